The second kappa shape index (κ2) is 8.06. The van der Waals surface area contributed by atoms with Gasteiger partial charge < -0.3 is 18.7 Å². The van der Waals surface area contributed by atoms with Gasteiger partial charge in [-0.3, -0.25) is 9.59 Å². The van der Waals surface area contributed by atoms with Gasteiger partial charge in [-0.05, 0) is 46.8 Å². The van der Waals surface area contributed by atoms with Gasteiger partial charge in [-0.2, -0.15) is 0 Å². The zero-order chi connectivity index (χ0) is 21.3. The number of carbonyl (C=O) groups is 2. The first kappa shape index (κ1) is 20.6. The van der Waals surface area contributed by atoms with Crippen LogP contribution in [0, 0.1) is 20.8 Å². The summed E-state index contributed by atoms with van der Waals surface area (Å²) in [5, 5.41) is 4.52. The normalized spacial score (nSPS) is 11.1. The van der Waals surface area contributed by atoms with Crippen molar-refractivity contribution < 1.29 is 18.5 Å². The number of hydrogen-bond acceptors (Lipinski definition) is 6. The van der Waals surface area contributed by atoms with E-state index in [0.29, 0.717) is 41.2 Å². The molecule has 0 radical (unpaired) electrons. The van der Waals surface area contributed by atoms with Crippen molar-refractivity contribution >= 4 is 22.9 Å². The second-order valence-corrected chi connectivity index (χ2v) is 7.06. The Morgan fingerprint density at radius 3 is 2.38 bits per heavy atom. The standard InChI is InChI=1S/C21H26N4O4/c1-7-25(8-2)18(26)11-24(6)21(27)16-10-17(15-9-12(3)28-14(15)5)22-20-19(16)13(4)23-29-20/h9-10H,7-8,11H2,1-6H3. The Balaban J connectivity index is 2.03. The highest BCUT2D eigenvalue weighted by molar-refractivity contribution is 6.07. The van der Waals surface area contributed by atoms with Crippen molar-refractivity contribution in [3.63, 3.8) is 0 Å². The number of hydrogen-bond donors (Lipinski definition) is 0. The predicted octanol–water partition coefficient (Wildman–Crippen LogP) is 3.35. The van der Waals surface area contributed by atoms with E-state index in [1.54, 1.807) is 24.9 Å². The highest BCUT2D eigenvalue weighted by atomic mass is 16.5. The molecule has 0 bridgehead atoms. The van der Waals surface area contributed by atoms with Crippen LogP contribution >= 0.6 is 0 Å². The van der Waals surface area contributed by atoms with Crippen LogP contribution in [0.25, 0.3) is 22.4 Å². The molecule has 0 N–H and O–H groups in total. The van der Waals surface area contributed by atoms with Gasteiger partial charge in [0.1, 0.15) is 11.5 Å². The van der Waals surface area contributed by atoms with Crippen molar-refractivity contribution in [2.45, 2.75) is 34.6 Å². The van der Waals surface area contributed by atoms with E-state index in [0.717, 1.165) is 11.3 Å². The molecule has 0 aliphatic carbocycles. The molecular formula is C21H26N4O4. The molecule has 3 aromatic rings. The summed E-state index contributed by atoms with van der Waals surface area (Å²) in [6, 6.07) is 3.58. The number of rotatable bonds is 6. The van der Waals surface area contributed by atoms with E-state index in [1.807, 2.05) is 33.8 Å². The Labute approximate surface area is 169 Å². The highest BCUT2D eigenvalue weighted by Gasteiger charge is 2.24. The molecule has 0 spiro atoms. The Kier molecular flexibility index (Phi) is 5.72. The SMILES string of the molecule is CCN(CC)C(=O)CN(C)C(=O)c1cc(-c2cc(C)oc2C)nc2onc(C)c12. The lowest BCUT2D eigenvalue weighted by molar-refractivity contribution is -0.131. The summed E-state index contributed by atoms with van der Waals surface area (Å²) in [5.41, 5.74) is 2.61. The number of aryl methyl sites for hydroxylation is 3. The van der Waals surface area contributed by atoms with Crippen LogP contribution in [0.1, 0.15) is 41.4 Å². The van der Waals surface area contributed by atoms with Crippen LogP contribution in [0.15, 0.2) is 21.1 Å². The van der Waals surface area contributed by atoms with Gasteiger partial charge in [-0.1, -0.05) is 5.16 Å². The molecule has 0 atom stereocenters. The molecule has 0 unspecified atom stereocenters. The molecule has 0 saturated carbocycles. The lowest BCUT2D eigenvalue weighted by atomic mass is 10.0. The minimum absolute atomic E-state index is 0.00611. The molecular weight excluding hydrogens is 372 g/mol. The smallest absolute Gasteiger partial charge is 0.259 e. The summed E-state index contributed by atoms with van der Waals surface area (Å²) >= 11 is 0. The quantitative estimate of drug-likeness (QED) is 0.632. The van der Waals surface area contributed by atoms with Crippen LogP contribution in [-0.4, -0.2) is 58.4 Å². The fraction of sp³-hybridized carbons (Fsp3) is 0.429. The largest absolute Gasteiger partial charge is 0.466 e. The molecule has 154 valence electrons. The number of carbonyl (C=O) groups excluding carboxylic acids is 2. The fourth-order valence-electron chi connectivity index (χ4n) is 3.44. The van der Waals surface area contributed by atoms with Crippen molar-refractivity contribution in [2.24, 2.45) is 0 Å². The third-order valence-electron chi connectivity index (χ3n) is 5.00. The summed E-state index contributed by atoms with van der Waals surface area (Å²) < 4.78 is 11.0. The van der Waals surface area contributed by atoms with Gasteiger partial charge in [-0.25, -0.2) is 4.98 Å². The van der Waals surface area contributed by atoms with Crippen LogP contribution < -0.4 is 0 Å². The van der Waals surface area contributed by atoms with E-state index in [4.69, 9.17) is 8.94 Å². The maximum absolute atomic E-state index is 13.3. The van der Waals surface area contributed by atoms with Crippen LogP contribution in [0.3, 0.4) is 0 Å². The third-order valence-corrected chi connectivity index (χ3v) is 5.00. The van der Waals surface area contributed by atoms with E-state index in [1.165, 1.54) is 4.90 Å². The van der Waals surface area contributed by atoms with E-state index in [9.17, 15) is 9.59 Å². The predicted molar refractivity (Wildman–Crippen MR) is 109 cm³/mol. The molecule has 0 aliphatic heterocycles. The van der Waals surface area contributed by atoms with Crippen molar-refractivity contribution in [3.8, 4) is 11.3 Å². The highest BCUT2D eigenvalue weighted by Crippen LogP contribution is 2.30. The molecule has 0 saturated heterocycles. The number of amides is 2. The summed E-state index contributed by atoms with van der Waals surface area (Å²) in [7, 11) is 1.62. The minimum atomic E-state index is -0.289. The molecule has 3 rings (SSSR count). The first-order chi connectivity index (χ1) is 13.8. The molecule has 0 aromatic carbocycles. The molecule has 8 nitrogen and oxygen atoms in total. The molecule has 0 fully saturated rings. The Morgan fingerprint density at radius 1 is 1.10 bits per heavy atom. The van der Waals surface area contributed by atoms with Gasteiger partial charge in [0.05, 0.1) is 28.9 Å². The van der Waals surface area contributed by atoms with Gasteiger partial charge in [0.25, 0.3) is 11.6 Å². The third kappa shape index (κ3) is 3.87. The topological polar surface area (TPSA) is 92.7 Å². The number of pyridine rings is 1. The summed E-state index contributed by atoms with van der Waals surface area (Å²) in [4.78, 5) is 33.3. The molecule has 3 aromatic heterocycles. The molecule has 3 heterocycles. The lowest BCUT2D eigenvalue weighted by Crippen LogP contribution is -2.41. The monoisotopic (exact) mass is 398 g/mol. The maximum Gasteiger partial charge on any atom is 0.259 e. The second-order valence-electron chi connectivity index (χ2n) is 7.06. The van der Waals surface area contributed by atoms with Crippen LogP contribution in [0.5, 0.6) is 0 Å². The number of nitrogens with zero attached hydrogens (tertiary/aromatic N) is 4. The molecule has 2 amide bonds. The number of aromatic nitrogens is 2. The fourth-order valence-corrected chi connectivity index (χ4v) is 3.44. The summed E-state index contributed by atoms with van der Waals surface area (Å²) in [5.74, 6) is 1.07. The van der Waals surface area contributed by atoms with Crippen LogP contribution in [0.4, 0.5) is 0 Å². The Bertz CT molecular complexity index is 1060. The van der Waals surface area contributed by atoms with Gasteiger partial charge in [0.15, 0.2) is 0 Å². The Hall–Kier alpha value is -3.16. The molecule has 8 heteroatoms. The maximum atomic E-state index is 13.3. The van der Waals surface area contributed by atoms with Crippen LogP contribution in [-0.2, 0) is 4.79 Å². The van der Waals surface area contributed by atoms with Crippen molar-refractivity contribution in [3.05, 3.63) is 34.9 Å². The first-order valence-electron chi connectivity index (χ1n) is 9.64. The summed E-state index contributed by atoms with van der Waals surface area (Å²) in [6.45, 7) is 10.5. The van der Waals surface area contributed by atoms with E-state index >= 15 is 0 Å². The zero-order valence-electron chi connectivity index (χ0n) is 17.7. The van der Waals surface area contributed by atoms with Crippen molar-refractivity contribution in [1.82, 2.24) is 19.9 Å². The molecule has 29 heavy (non-hydrogen) atoms. The van der Waals surface area contributed by atoms with Crippen molar-refractivity contribution in [2.75, 3.05) is 26.7 Å². The average Bonchev–Trinajstić information content (AvgIpc) is 3.22. The van der Waals surface area contributed by atoms with E-state index < -0.39 is 0 Å². The van der Waals surface area contributed by atoms with E-state index in [-0.39, 0.29) is 24.1 Å². The number of likely N-dealkylation sites (N-methyl/N-ethyl adjacent to an activating group) is 2. The average molecular weight is 398 g/mol. The number of furan rings is 1. The lowest BCUT2D eigenvalue weighted by Gasteiger charge is -2.23. The zero-order valence-corrected chi connectivity index (χ0v) is 17.7. The van der Waals surface area contributed by atoms with E-state index in [2.05, 4.69) is 10.1 Å². The van der Waals surface area contributed by atoms with Gasteiger partial charge in [0.2, 0.25) is 5.91 Å². The van der Waals surface area contributed by atoms with Gasteiger partial charge in [-0.15, -0.1) is 0 Å². The Morgan fingerprint density at radius 2 is 1.79 bits per heavy atom. The van der Waals surface area contributed by atoms with Gasteiger partial charge >= 0.3 is 0 Å². The minimum Gasteiger partial charge on any atom is -0.466 e. The van der Waals surface area contributed by atoms with Crippen LogP contribution in [0.2, 0.25) is 0 Å². The summed E-state index contributed by atoms with van der Waals surface area (Å²) in [6.07, 6.45) is 0. The number of fused-ring (bicyclic) bond motifs is 1. The van der Waals surface area contributed by atoms with Crippen molar-refractivity contribution in [1.29, 1.82) is 0 Å². The van der Waals surface area contributed by atoms with Gasteiger partial charge in [0, 0.05) is 25.7 Å². The molecule has 0 aliphatic rings. The first-order valence-corrected chi connectivity index (χ1v) is 9.64.